The normalized spacial score (nSPS) is 11.7. The van der Waals surface area contributed by atoms with Crippen molar-refractivity contribution in [2.45, 2.75) is 46.5 Å². The van der Waals surface area contributed by atoms with Gasteiger partial charge in [0.05, 0.1) is 12.7 Å². The van der Waals surface area contributed by atoms with Gasteiger partial charge in [-0.1, -0.05) is 45.9 Å². The summed E-state index contributed by atoms with van der Waals surface area (Å²) in [6.45, 7) is 11.1. The third-order valence-corrected chi connectivity index (χ3v) is 6.31. The Balaban J connectivity index is 2.00. The Labute approximate surface area is 191 Å². The number of para-hydroxylation sites is 1. The van der Waals surface area contributed by atoms with E-state index in [1.165, 1.54) is 16.8 Å². The first-order valence-corrected chi connectivity index (χ1v) is 11.4. The van der Waals surface area contributed by atoms with Gasteiger partial charge in [0.15, 0.2) is 0 Å². The number of aromatic nitrogens is 5. The largest absolute Gasteiger partial charge is 0.359 e. The highest BCUT2D eigenvalue weighted by atomic mass is 15.3. The standard InChI is InChI=1S/C27H35N5/c1-18(2)21-11-9-12-22(19(3)4)26(21)32-16-15-29(6)27(32)24-14-10-13-23(30(24)7)25-17-20(5)28-31(25)8/h9-19H,1-8H3/q+2. The van der Waals surface area contributed by atoms with Crippen LogP contribution >= 0.6 is 0 Å². The Morgan fingerprint density at radius 1 is 0.875 bits per heavy atom. The Morgan fingerprint density at radius 2 is 1.47 bits per heavy atom. The average Bonchev–Trinajstić information content (AvgIpc) is 3.28. The predicted octanol–water partition coefficient (Wildman–Crippen LogP) is 4.75. The summed E-state index contributed by atoms with van der Waals surface area (Å²) in [5, 5.41) is 4.56. The van der Waals surface area contributed by atoms with Gasteiger partial charge in [0.25, 0.3) is 5.69 Å². The van der Waals surface area contributed by atoms with Crippen molar-refractivity contribution in [3.63, 3.8) is 0 Å². The number of pyridine rings is 1. The van der Waals surface area contributed by atoms with Crippen LogP contribution in [-0.2, 0) is 21.1 Å². The van der Waals surface area contributed by atoms with Crippen molar-refractivity contribution in [1.82, 2.24) is 14.3 Å². The van der Waals surface area contributed by atoms with Gasteiger partial charge in [-0.25, -0.2) is 4.57 Å². The summed E-state index contributed by atoms with van der Waals surface area (Å²) in [4.78, 5) is 0. The quantitative estimate of drug-likeness (QED) is 0.421. The molecule has 0 saturated heterocycles. The van der Waals surface area contributed by atoms with Crippen LogP contribution in [-0.4, -0.2) is 14.3 Å². The number of benzene rings is 1. The van der Waals surface area contributed by atoms with Gasteiger partial charge in [-0.2, -0.15) is 14.2 Å². The molecule has 0 unspecified atom stereocenters. The lowest BCUT2D eigenvalue weighted by molar-refractivity contribution is -0.685. The zero-order valence-electron chi connectivity index (χ0n) is 20.6. The molecule has 0 aliphatic rings. The second kappa shape index (κ2) is 8.38. The lowest BCUT2D eigenvalue weighted by Gasteiger charge is -2.17. The Kier molecular flexibility index (Phi) is 5.76. The zero-order valence-corrected chi connectivity index (χ0v) is 20.6. The van der Waals surface area contributed by atoms with Crippen molar-refractivity contribution in [3.8, 4) is 28.6 Å². The van der Waals surface area contributed by atoms with E-state index >= 15 is 0 Å². The van der Waals surface area contributed by atoms with Crippen LogP contribution in [0.1, 0.15) is 56.4 Å². The van der Waals surface area contributed by atoms with Gasteiger partial charge in [0, 0.05) is 30.3 Å². The molecule has 4 rings (SSSR count). The number of aryl methyl sites for hydroxylation is 3. The molecule has 4 aromatic rings. The molecule has 3 heterocycles. The average molecular weight is 430 g/mol. The molecule has 0 spiro atoms. The van der Waals surface area contributed by atoms with Crippen LogP contribution in [0.3, 0.4) is 0 Å². The van der Waals surface area contributed by atoms with Crippen LogP contribution in [0.25, 0.3) is 28.6 Å². The fourth-order valence-corrected chi connectivity index (χ4v) is 4.67. The maximum atomic E-state index is 4.56. The fourth-order valence-electron chi connectivity index (χ4n) is 4.67. The Bertz CT molecular complexity index is 1250. The van der Waals surface area contributed by atoms with Gasteiger partial charge < -0.3 is 0 Å². The van der Waals surface area contributed by atoms with Crippen LogP contribution in [0.5, 0.6) is 0 Å². The highest BCUT2D eigenvalue weighted by Gasteiger charge is 2.32. The molecule has 0 amide bonds. The van der Waals surface area contributed by atoms with E-state index in [0.717, 1.165) is 28.6 Å². The molecule has 1 aromatic carbocycles. The molecule has 0 atom stereocenters. The molecule has 3 aromatic heterocycles. The van der Waals surface area contributed by atoms with E-state index in [1.54, 1.807) is 0 Å². The van der Waals surface area contributed by atoms with Crippen molar-refractivity contribution in [2.75, 3.05) is 0 Å². The summed E-state index contributed by atoms with van der Waals surface area (Å²) in [5.74, 6) is 2.02. The van der Waals surface area contributed by atoms with E-state index in [2.05, 4.69) is 115 Å². The van der Waals surface area contributed by atoms with Crippen molar-refractivity contribution >= 4 is 0 Å². The van der Waals surface area contributed by atoms with Crippen molar-refractivity contribution in [3.05, 3.63) is 71.7 Å². The minimum Gasteiger partial charge on any atom is -0.262 e. The minimum atomic E-state index is 0.432. The van der Waals surface area contributed by atoms with Gasteiger partial charge in [-0.15, -0.1) is 0 Å². The molecule has 166 valence electrons. The van der Waals surface area contributed by atoms with Crippen LogP contribution in [0.15, 0.2) is 54.9 Å². The summed E-state index contributed by atoms with van der Waals surface area (Å²) in [6, 6.07) is 15.4. The predicted molar refractivity (Wildman–Crippen MR) is 129 cm³/mol. The number of rotatable bonds is 5. The first-order valence-electron chi connectivity index (χ1n) is 11.4. The highest BCUT2D eigenvalue weighted by molar-refractivity contribution is 5.59. The third-order valence-electron chi connectivity index (χ3n) is 6.31. The van der Waals surface area contributed by atoms with E-state index < -0.39 is 0 Å². The molecule has 5 heteroatoms. The summed E-state index contributed by atoms with van der Waals surface area (Å²) >= 11 is 0. The molecule has 5 nitrogen and oxygen atoms in total. The van der Waals surface area contributed by atoms with Crippen LogP contribution in [0.4, 0.5) is 0 Å². The lowest BCUT2D eigenvalue weighted by Crippen LogP contribution is -2.40. The van der Waals surface area contributed by atoms with Gasteiger partial charge in [0.1, 0.15) is 30.8 Å². The van der Waals surface area contributed by atoms with Gasteiger partial charge in [0.2, 0.25) is 5.69 Å². The Hall–Kier alpha value is -3.21. The molecule has 0 radical (unpaired) electrons. The topological polar surface area (TPSA) is 30.5 Å². The molecule has 0 N–H and O–H groups in total. The number of hydrogen-bond donors (Lipinski definition) is 0. The van der Waals surface area contributed by atoms with Crippen LogP contribution in [0.2, 0.25) is 0 Å². The number of imidazole rings is 1. The number of hydrogen-bond acceptors (Lipinski definition) is 1. The van der Waals surface area contributed by atoms with E-state index in [-0.39, 0.29) is 0 Å². The molecular weight excluding hydrogens is 394 g/mol. The summed E-state index contributed by atoms with van der Waals surface area (Å²) in [7, 11) is 6.27. The third kappa shape index (κ3) is 3.66. The smallest absolute Gasteiger partial charge is 0.262 e. The zero-order chi connectivity index (χ0) is 23.2. The van der Waals surface area contributed by atoms with Crippen molar-refractivity contribution in [2.24, 2.45) is 21.1 Å². The first-order chi connectivity index (χ1) is 15.2. The number of nitrogens with zero attached hydrogens (tertiary/aromatic N) is 5. The SMILES string of the molecule is Cc1cc(-c2cccc(-c3n(-c4c(C(C)C)cccc4C(C)C)cc[n+]3C)[n+]2C)n(C)n1. The van der Waals surface area contributed by atoms with Crippen molar-refractivity contribution < 1.29 is 9.13 Å². The van der Waals surface area contributed by atoms with E-state index in [1.807, 2.05) is 18.7 Å². The molecule has 0 aliphatic carbocycles. The van der Waals surface area contributed by atoms with Crippen molar-refractivity contribution in [1.29, 1.82) is 0 Å². The molecule has 32 heavy (non-hydrogen) atoms. The van der Waals surface area contributed by atoms with E-state index in [4.69, 9.17) is 0 Å². The van der Waals surface area contributed by atoms with E-state index in [0.29, 0.717) is 11.8 Å². The maximum absolute atomic E-state index is 4.56. The fraction of sp³-hybridized carbons (Fsp3) is 0.370. The molecule has 0 bridgehead atoms. The molecular formula is C27H35N5+2. The minimum absolute atomic E-state index is 0.432. The summed E-state index contributed by atoms with van der Waals surface area (Å²) in [6.07, 6.45) is 4.35. The van der Waals surface area contributed by atoms with Gasteiger partial charge >= 0.3 is 5.82 Å². The molecule has 0 aliphatic heterocycles. The Morgan fingerprint density at radius 3 is 2.03 bits per heavy atom. The van der Waals surface area contributed by atoms with Gasteiger partial charge in [-0.05, 0) is 30.9 Å². The molecule has 0 saturated carbocycles. The van der Waals surface area contributed by atoms with Crippen LogP contribution < -0.4 is 9.13 Å². The second-order valence-electron chi connectivity index (χ2n) is 9.35. The first kappa shape index (κ1) is 22.0. The van der Waals surface area contributed by atoms with E-state index in [9.17, 15) is 0 Å². The maximum Gasteiger partial charge on any atom is 0.359 e. The summed E-state index contributed by atoms with van der Waals surface area (Å²) < 4.78 is 8.82. The summed E-state index contributed by atoms with van der Waals surface area (Å²) in [5.41, 5.74) is 8.47. The highest BCUT2D eigenvalue weighted by Crippen LogP contribution is 2.33. The monoisotopic (exact) mass is 429 g/mol. The lowest BCUT2D eigenvalue weighted by atomic mass is 9.92. The molecule has 0 fully saturated rings. The van der Waals surface area contributed by atoms with Crippen LogP contribution in [0, 0.1) is 6.92 Å². The second-order valence-corrected chi connectivity index (χ2v) is 9.35. The van der Waals surface area contributed by atoms with Gasteiger partial charge in [-0.3, -0.25) is 4.68 Å².